The predicted molar refractivity (Wildman–Crippen MR) is 103 cm³/mol. The highest BCUT2D eigenvalue weighted by molar-refractivity contribution is 5.77. The monoisotopic (exact) mass is 382 g/mol. The molecular weight excluding hydrogens is 364 g/mol. The van der Waals surface area contributed by atoms with Crippen molar-refractivity contribution in [3.05, 3.63) is 56.8 Å². The van der Waals surface area contributed by atoms with Crippen molar-refractivity contribution in [3.63, 3.8) is 0 Å². The molecule has 1 aliphatic heterocycles. The van der Waals surface area contributed by atoms with Crippen molar-refractivity contribution >= 4 is 28.4 Å². The van der Waals surface area contributed by atoms with Crippen molar-refractivity contribution in [2.45, 2.75) is 6.54 Å². The molecule has 0 amide bonds. The zero-order chi connectivity index (χ0) is 19.7. The van der Waals surface area contributed by atoms with E-state index in [0.717, 1.165) is 6.20 Å². The van der Waals surface area contributed by atoms with Gasteiger partial charge in [-0.05, 0) is 12.1 Å². The average molecular weight is 382 g/mol. The maximum atomic E-state index is 12.2. The van der Waals surface area contributed by atoms with Crippen LogP contribution in [0.2, 0.25) is 0 Å². The molecule has 1 saturated heterocycles. The van der Waals surface area contributed by atoms with Crippen LogP contribution in [-0.2, 0) is 6.54 Å². The fraction of sp³-hybridized carbons (Fsp3) is 0.294. The Labute approximate surface area is 159 Å². The normalized spacial score (nSPS) is 15.1. The van der Waals surface area contributed by atoms with Crippen molar-refractivity contribution in [1.82, 2.24) is 24.8 Å². The number of aromatic amines is 1. The Bertz CT molecular complexity index is 1090. The van der Waals surface area contributed by atoms with Gasteiger partial charge in [0.2, 0.25) is 11.8 Å². The number of para-hydroxylation sites is 1. The molecule has 0 spiro atoms. The zero-order valence-electron chi connectivity index (χ0n) is 14.9. The van der Waals surface area contributed by atoms with Gasteiger partial charge in [-0.3, -0.25) is 19.8 Å². The van der Waals surface area contributed by atoms with E-state index in [4.69, 9.17) is 5.73 Å². The quantitative estimate of drug-likeness (QED) is 0.487. The lowest BCUT2D eigenvalue weighted by Gasteiger charge is -2.34. The van der Waals surface area contributed by atoms with Gasteiger partial charge in [-0.2, -0.15) is 4.98 Å². The maximum Gasteiger partial charge on any atom is 0.329 e. The van der Waals surface area contributed by atoms with Crippen LogP contribution in [-0.4, -0.2) is 55.9 Å². The lowest BCUT2D eigenvalue weighted by Crippen LogP contribution is -2.46. The number of rotatable bonds is 4. The van der Waals surface area contributed by atoms with Crippen LogP contribution in [0, 0.1) is 10.1 Å². The Balaban J connectivity index is 1.43. The smallest absolute Gasteiger partial charge is 0.329 e. The minimum absolute atomic E-state index is 0.143. The lowest BCUT2D eigenvalue weighted by molar-refractivity contribution is -0.384. The van der Waals surface area contributed by atoms with Gasteiger partial charge >= 0.3 is 5.69 Å². The number of aromatic nitrogens is 4. The second-order valence-corrected chi connectivity index (χ2v) is 6.49. The Morgan fingerprint density at radius 1 is 1.18 bits per heavy atom. The molecule has 3 aromatic rings. The number of nitrogen functional groups attached to an aromatic ring is 1. The van der Waals surface area contributed by atoms with Crippen LogP contribution in [0.15, 0.2) is 35.3 Å². The molecular formula is C17H18N8O3. The molecule has 4 rings (SSSR count). The summed E-state index contributed by atoms with van der Waals surface area (Å²) in [6.07, 6.45) is 1.13. The highest BCUT2D eigenvalue weighted by atomic mass is 16.6. The second-order valence-electron chi connectivity index (χ2n) is 6.49. The number of hydrogen-bond donors (Lipinski definition) is 2. The minimum Gasteiger partial charge on any atom is -0.378 e. The summed E-state index contributed by atoms with van der Waals surface area (Å²) in [7, 11) is 0. The Hall–Kier alpha value is -3.60. The molecule has 144 valence electrons. The zero-order valence-corrected chi connectivity index (χ0v) is 14.9. The molecule has 2 aromatic heterocycles. The number of fused-ring (bicyclic) bond motifs is 1. The van der Waals surface area contributed by atoms with Crippen LogP contribution in [0.25, 0.3) is 10.9 Å². The maximum absolute atomic E-state index is 12.2. The van der Waals surface area contributed by atoms with Crippen molar-refractivity contribution in [2.24, 2.45) is 0 Å². The van der Waals surface area contributed by atoms with Gasteiger partial charge in [0.05, 0.1) is 22.4 Å². The number of H-pyrrole nitrogens is 1. The predicted octanol–water partition coefficient (Wildman–Crippen LogP) is 0.526. The van der Waals surface area contributed by atoms with Gasteiger partial charge in [0.1, 0.15) is 12.0 Å². The molecule has 0 bridgehead atoms. The highest BCUT2D eigenvalue weighted by Gasteiger charge is 2.22. The third kappa shape index (κ3) is 3.47. The number of nitrogens with one attached hydrogen (secondary N) is 1. The molecule has 11 heteroatoms. The molecule has 0 unspecified atom stereocenters. The van der Waals surface area contributed by atoms with Crippen LogP contribution in [0.1, 0.15) is 5.82 Å². The molecule has 28 heavy (non-hydrogen) atoms. The van der Waals surface area contributed by atoms with Crippen molar-refractivity contribution < 1.29 is 4.92 Å². The first-order valence-corrected chi connectivity index (χ1v) is 8.73. The Morgan fingerprint density at radius 2 is 1.93 bits per heavy atom. The van der Waals surface area contributed by atoms with E-state index in [0.29, 0.717) is 55.4 Å². The number of nitro groups is 1. The van der Waals surface area contributed by atoms with Crippen LogP contribution in [0.5, 0.6) is 0 Å². The average Bonchev–Trinajstić information content (AvgIpc) is 2.68. The standard InChI is InChI=1S/C17H18N8O3/c18-15-13(25(27)28)9-19-17(22-15)24-7-5-23(6-8-24)10-14-20-12-4-2-1-3-11(12)16(26)21-14/h1-4,9H,5-8,10H2,(H2,18,19,22)(H,20,21,26). The summed E-state index contributed by atoms with van der Waals surface area (Å²) in [4.78, 5) is 42.0. The first kappa shape index (κ1) is 17.8. The summed E-state index contributed by atoms with van der Waals surface area (Å²) in [6.45, 7) is 3.20. The van der Waals surface area contributed by atoms with E-state index in [9.17, 15) is 14.9 Å². The molecule has 1 aromatic carbocycles. The SMILES string of the molecule is Nc1nc(N2CCN(Cc3nc4ccccc4c(=O)[nH]3)CC2)ncc1[N+](=O)[O-]. The van der Waals surface area contributed by atoms with Crippen LogP contribution in [0.3, 0.4) is 0 Å². The minimum atomic E-state index is -0.603. The van der Waals surface area contributed by atoms with Crippen LogP contribution in [0.4, 0.5) is 17.5 Å². The number of hydrogen-bond acceptors (Lipinski definition) is 9. The summed E-state index contributed by atoms with van der Waals surface area (Å²) in [5.41, 5.74) is 5.88. The summed E-state index contributed by atoms with van der Waals surface area (Å²) in [6, 6.07) is 7.24. The van der Waals surface area contributed by atoms with Gasteiger partial charge in [0.15, 0.2) is 0 Å². The topological polar surface area (TPSA) is 147 Å². The van der Waals surface area contributed by atoms with E-state index < -0.39 is 4.92 Å². The molecule has 1 fully saturated rings. The first-order chi connectivity index (χ1) is 13.5. The molecule has 3 heterocycles. The van der Waals surface area contributed by atoms with E-state index in [1.165, 1.54) is 0 Å². The molecule has 1 aliphatic rings. The highest BCUT2D eigenvalue weighted by Crippen LogP contribution is 2.21. The van der Waals surface area contributed by atoms with E-state index in [1.54, 1.807) is 6.07 Å². The third-order valence-electron chi connectivity index (χ3n) is 4.67. The second kappa shape index (κ2) is 7.19. The largest absolute Gasteiger partial charge is 0.378 e. The van der Waals surface area contributed by atoms with Crippen molar-refractivity contribution in [1.29, 1.82) is 0 Å². The van der Waals surface area contributed by atoms with Gasteiger partial charge in [0, 0.05) is 26.2 Å². The number of piperazine rings is 1. The summed E-state index contributed by atoms with van der Waals surface area (Å²) < 4.78 is 0. The first-order valence-electron chi connectivity index (χ1n) is 8.73. The molecule has 11 nitrogen and oxygen atoms in total. The molecule has 0 aliphatic carbocycles. The van der Waals surface area contributed by atoms with Gasteiger partial charge in [-0.1, -0.05) is 12.1 Å². The number of anilines is 2. The van der Waals surface area contributed by atoms with E-state index >= 15 is 0 Å². The number of benzene rings is 1. The van der Waals surface area contributed by atoms with Crippen molar-refractivity contribution in [2.75, 3.05) is 36.8 Å². The van der Waals surface area contributed by atoms with Crippen molar-refractivity contribution in [3.8, 4) is 0 Å². The van der Waals surface area contributed by atoms with Crippen LogP contribution < -0.4 is 16.2 Å². The summed E-state index contributed by atoms with van der Waals surface area (Å²) >= 11 is 0. The third-order valence-corrected chi connectivity index (χ3v) is 4.67. The summed E-state index contributed by atoms with van der Waals surface area (Å²) in [5.74, 6) is 0.850. The fourth-order valence-electron chi connectivity index (χ4n) is 3.20. The van der Waals surface area contributed by atoms with E-state index in [2.05, 4.69) is 24.8 Å². The van der Waals surface area contributed by atoms with E-state index in [-0.39, 0.29) is 17.1 Å². The van der Waals surface area contributed by atoms with Gasteiger partial charge in [-0.15, -0.1) is 0 Å². The Morgan fingerprint density at radius 3 is 2.64 bits per heavy atom. The molecule has 0 radical (unpaired) electrons. The van der Waals surface area contributed by atoms with Gasteiger partial charge in [0.25, 0.3) is 5.56 Å². The molecule has 0 saturated carbocycles. The van der Waals surface area contributed by atoms with Crippen LogP contribution >= 0.6 is 0 Å². The van der Waals surface area contributed by atoms with E-state index in [1.807, 2.05) is 23.1 Å². The summed E-state index contributed by atoms with van der Waals surface area (Å²) in [5, 5.41) is 11.4. The number of nitrogens with two attached hydrogens (primary N) is 1. The Kier molecular flexibility index (Phi) is 4.57. The van der Waals surface area contributed by atoms with Gasteiger partial charge in [-0.25, -0.2) is 9.97 Å². The fourth-order valence-corrected chi connectivity index (χ4v) is 3.20. The number of nitrogens with zero attached hydrogens (tertiary/aromatic N) is 6. The van der Waals surface area contributed by atoms with Gasteiger partial charge < -0.3 is 15.6 Å². The lowest BCUT2D eigenvalue weighted by atomic mass is 10.2. The molecule has 3 N–H and O–H groups in total. The molecule has 0 atom stereocenters.